The summed E-state index contributed by atoms with van der Waals surface area (Å²) in [5, 5.41) is 8.38. The van der Waals surface area contributed by atoms with Crippen molar-refractivity contribution in [2.75, 3.05) is 12.9 Å². The molecule has 0 aromatic rings. The molecule has 1 N–H and O–H groups in total. The molecule has 0 aromatic heterocycles. The third-order valence-corrected chi connectivity index (χ3v) is 2.78. The molecule has 4 heteroatoms. The van der Waals surface area contributed by atoms with Gasteiger partial charge in [-0.05, 0) is 6.92 Å². The number of rotatable bonds is 5. The Hall–Kier alpha value is -0.0600. The van der Waals surface area contributed by atoms with Gasteiger partial charge in [0, 0.05) is 13.0 Å². The highest BCUT2D eigenvalue weighted by Crippen LogP contribution is 2.09. The summed E-state index contributed by atoms with van der Waals surface area (Å²) in [6.45, 7) is 1.47. The van der Waals surface area contributed by atoms with Gasteiger partial charge in [0.25, 0.3) is 0 Å². The Morgan fingerprint density at radius 1 is 1.73 bits per heavy atom. The SMILES string of the molecule is CC(=O)CC(CCO)[S+](C)[O-]. The zero-order chi connectivity index (χ0) is 8.85. The first-order valence-corrected chi connectivity index (χ1v) is 5.12. The van der Waals surface area contributed by atoms with Crippen molar-refractivity contribution < 1.29 is 14.5 Å². The Morgan fingerprint density at radius 2 is 2.27 bits per heavy atom. The summed E-state index contributed by atoms with van der Waals surface area (Å²) in [5.41, 5.74) is 0. The maximum Gasteiger partial charge on any atom is 0.134 e. The van der Waals surface area contributed by atoms with E-state index in [0.717, 1.165) is 0 Å². The van der Waals surface area contributed by atoms with Crippen molar-refractivity contribution in [3.63, 3.8) is 0 Å². The van der Waals surface area contributed by atoms with Gasteiger partial charge in [0.15, 0.2) is 0 Å². The predicted molar refractivity (Wildman–Crippen MR) is 44.9 cm³/mol. The van der Waals surface area contributed by atoms with E-state index in [2.05, 4.69) is 0 Å². The summed E-state index contributed by atoms with van der Waals surface area (Å²) < 4.78 is 10.9. The van der Waals surface area contributed by atoms with Gasteiger partial charge in [-0.25, -0.2) is 0 Å². The average molecular weight is 178 g/mol. The average Bonchev–Trinajstić information content (AvgIpc) is 1.86. The first-order valence-electron chi connectivity index (χ1n) is 3.50. The number of Topliss-reactive ketones (excluding diaryl/α,β-unsaturated/α-hetero) is 1. The van der Waals surface area contributed by atoms with Gasteiger partial charge in [0.1, 0.15) is 11.0 Å². The van der Waals surface area contributed by atoms with Crippen LogP contribution >= 0.6 is 0 Å². The van der Waals surface area contributed by atoms with E-state index in [-0.39, 0.29) is 17.6 Å². The standard InChI is InChI=1S/C7H14O3S/c1-6(9)5-7(3-4-8)11(2)10/h7-8H,3-5H2,1-2H3. The number of aliphatic hydroxyl groups excluding tert-OH is 1. The van der Waals surface area contributed by atoms with Crippen molar-refractivity contribution in [3.05, 3.63) is 0 Å². The van der Waals surface area contributed by atoms with Crippen molar-refractivity contribution in [2.45, 2.75) is 25.0 Å². The summed E-state index contributed by atoms with van der Waals surface area (Å²) in [6.07, 6.45) is 2.32. The predicted octanol–water partition coefficient (Wildman–Crippen LogP) is 0.0950. The van der Waals surface area contributed by atoms with E-state index in [1.54, 1.807) is 6.26 Å². The van der Waals surface area contributed by atoms with Crippen molar-refractivity contribution in [1.29, 1.82) is 0 Å². The zero-order valence-corrected chi connectivity index (χ0v) is 7.69. The number of aliphatic hydroxyl groups is 1. The number of hydrogen-bond acceptors (Lipinski definition) is 3. The van der Waals surface area contributed by atoms with Gasteiger partial charge in [-0.3, -0.25) is 4.79 Å². The molecule has 0 aliphatic heterocycles. The summed E-state index contributed by atoms with van der Waals surface area (Å²) in [6, 6.07) is 0. The quantitative estimate of drug-likeness (QED) is 0.607. The summed E-state index contributed by atoms with van der Waals surface area (Å²) in [5.74, 6) is 0.0265. The fraction of sp³-hybridized carbons (Fsp3) is 0.857. The molecule has 3 nitrogen and oxygen atoms in total. The molecule has 11 heavy (non-hydrogen) atoms. The van der Waals surface area contributed by atoms with Gasteiger partial charge in [-0.1, -0.05) is 11.2 Å². The molecular weight excluding hydrogens is 164 g/mol. The lowest BCUT2D eigenvalue weighted by molar-refractivity contribution is -0.117. The minimum absolute atomic E-state index is 0.00245. The molecule has 0 amide bonds. The van der Waals surface area contributed by atoms with Crippen LogP contribution in [0.15, 0.2) is 0 Å². The van der Waals surface area contributed by atoms with E-state index >= 15 is 0 Å². The molecule has 0 fully saturated rings. The van der Waals surface area contributed by atoms with Crippen LogP contribution in [0.25, 0.3) is 0 Å². The first-order chi connectivity index (χ1) is 5.07. The van der Waals surface area contributed by atoms with E-state index in [1.807, 2.05) is 0 Å². The minimum atomic E-state index is -1.00. The molecule has 0 rings (SSSR count). The summed E-state index contributed by atoms with van der Waals surface area (Å²) in [7, 11) is 0. The second-order valence-electron chi connectivity index (χ2n) is 2.54. The smallest absolute Gasteiger partial charge is 0.134 e. The molecule has 2 atom stereocenters. The third-order valence-electron chi connectivity index (χ3n) is 1.44. The van der Waals surface area contributed by atoms with Crippen LogP contribution < -0.4 is 0 Å². The third kappa shape index (κ3) is 5.24. The lowest BCUT2D eigenvalue weighted by Gasteiger charge is -2.15. The van der Waals surface area contributed by atoms with E-state index in [0.29, 0.717) is 12.8 Å². The van der Waals surface area contributed by atoms with Crippen molar-refractivity contribution in [3.8, 4) is 0 Å². The largest absolute Gasteiger partial charge is 0.616 e. The molecular formula is C7H14O3S. The van der Waals surface area contributed by atoms with Gasteiger partial charge < -0.3 is 9.66 Å². The highest BCUT2D eigenvalue weighted by Gasteiger charge is 2.19. The minimum Gasteiger partial charge on any atom is -0.616 e. The molecule has 0 aliphatic rings. The van der Waals surface area contributed by atoms with Gasteiger partial charge in [0.2, 0.25) is 0 Å². The second kappa shape index (κ2) is 5.57. The Labute approximate surface area is 70.0 Å². The monoisotopic (exact) mass is 178 g/mol. The lowest BCUT2D eigenvalue weighted by Crippen LogP contribution is -2.23. The van der Waals surface area contributed by atoms with Gasteiger partial charge >= 0.3 is 0 Å². The van der Waals surface area contributed by atoms with Crippen LogP contribution in [0.3, 0.4) is 0 Å². The van der Waals surface area contributed by atoms with Crippen molar-refractivity contribution in [2.24, 2.45) is 0 Å². The molecule has 0 heterocycles. The van der Waals surface area contributed by atoms with Crippen LogP contribution in [0.5, 0.6) is 0 Å². The Bertz CT molecular complexity index is 125. The fourth-order valence-electron chi connectivity index (χ4n) is 0.850. The number of ketones is 1. The van der Waals surface area contributed by atoms with E-state index in [1.165, 1.54) is 6.92 Å². The topological polar surface area (TPSA) is 60.4 Å². The van der Waals surface area contributed by atoms with E-state index in [4.69, 9.17) is 5.11 Å². The Balaban J connectivity index is 3.79. The Kier molecular flexibility index (Phi) is 5.54. The number of carbonyl (C=O) groups excluding carboxylic acids is 1. The van der Waals surface area contributed by atoms with Crippen molar-refractivity contribution >= 4 is 17.0 Å². The first kappa shape index (κ1) is 10.9. The van der Waals surface area contributed by atoms with Gasteiger partial charge in [0.05, 0.1) is 12.7 Å². The molecule has 0 saturated carbocycles. The van der Waals surface area contributed by atoms with Crippen LogP contribution in [0.2, 0.25) is 0 Å². The highest BCUT2D eigenvalue weighted by atomic mass is 32.2. The molecule has 0 aromatic carbocycles. The normalized spacial score (nSPS) is 16.0. The maximum absolute atomic E-state index is 10.9. The molecule has 0 saturated heterocycles. The van der Waals surface area contributed by atoms with Gasteiger partial charge in [-0.15, -0.1) is 0 Å². The molecule has 0 bridgehead atoms. The highest BCUT2D eigenvalue weighted by molar-refractivity contribution is 7.91. The summed E-state index contributed by atoms with van der Waals surface area (Å²) >= 11 is -1.00. The molecule has 0 aliphatic carbocycles. The lowest BCUT2D eigenvalue weighted by atomic mass is 10.2. The van der Waals surface area contributed by atoms with Crippen LogP contribution in [-0.2, 0) is 16.0 Å². The molecule has 0 radical (unpaired) electrons. The summed E-state index contributed by atoms with van der Waals surface area (Å²) in [4.78, 5) is 10.6. The van der Waals surface area contributed by atoms with E-state index < -0.39 is 11.2 Å². The number of carbonyl (C=O) groups is 1. The zero-order valence-electron chi connectivity index (χ0n) is 6.87. The maximum atomic E-state index is 10.9. The molecule has 0 spiro atoms. The number of hydrogen-bond donors (Lipinski definition) is 1. The molecule has 66 valence electrons. The second-order valence-corrected chi connectivity index (χ2v) is 4.20. The van der Waals surface area contributed by atoms with Crippen LogP contribution in [0.4, 0.5) is 0 Å². The Morgan fingerprint density at radius 3 is 2.55 bits per heavy atom. The fourth-order valence-corrected chi connectivity index (χ4v) is 1.76. The van der Waals surface area contributed by atoms with Crippen LogP contribution in [-0.4, -0.2) is 33.6 Å². The van der Waals surface area contributed by atoms with Crippen LogP contribution in [0.1, 0.15) is 19.8 Å². The van der Waals surface area contributed by atoms with Gasteiger partial charge in [-0.2, -0.15) is 0 Å². The molecule has 2 unspecified atom stereocenters. The van der Waals surface area contributed by atoms with Crippen molar-refractivity contribution in [1.82, 2.24) is 0 Å². The van der Waals surface area contributed by atoms with Crippen LogP contribution in [0, 0.1) is 0 Å². The van der Waals surface area contributed by atoms with E-state index in [9.17, 15) is 9.35 Å².